The van der Waals surface area contributed by atoms with E-state index in [9.17, 15) is 4.79 Å². The summed E-state index contributed by atoms with van der Waals surface area (Å²) in [6, 6.07) is 0. The third-order valence-corrected chi connectivity index (χ3v) is 6.12. The van der Waals surface area contributed by atoms with E-state index in [0.717, 1.165) is 43.6 Å². The van der Waals surface area contributed by atoms with Crippen LogP contribution in [-0.2, 0) is 0 Å². The highest BCUT2D eigenvalue weighted by molar-refractivity contribution is 5.93. The maximum Gasteiger partial charge on any atom is 0.256 e. The van der Waals surface area contributed by atoms with Gasteiger partial charge in [-0.05, 0) is 70.5 Å². The predicted molar refractivity (Wildman–Crippen MR) is 92.9 cm³/mol. The molecule has 5 nitrogen and oxygen atoms in total. The van der Waals surface area contributed by atoms with Gasteiger partial charge in [-0.1, -0.05) is 0 Å². The molecule has 1 aliphatic carbocycles. The monoisotopic (exact) mass is 328 g/mol. The minimum absolute atomic E-state index is 0.110. The van der Waals surface area contributed by atoms with Crippen LogP contribution in [0.3, 0.4) is 0 Å². The lowest BCUT2D eigenvalue weighted by Crippen LogP contribution is -2.42. The second kappa shape index (κ2) is 6.79. The molecule has 3 fully saturated rings. The molecular formula is C19H28N4O. The van der Waals surface area contributed by atoms with Crippen molar-refractivity contribution in [2.24, 2.45) is 11.8 Å². The van der Waals surface area contributed by atoms with E-state index < -0.39 is 0 Å². The van der Waals surface area contributed by atoms with E-state index in [1.807, 2.05) is 4.90 Å². The van der Waals surface area contributed by atoms with Crippen LogP contribution < -0.4 is 0 Å². The molecular weight excluding hydrogens is 300 g/mol. The highest BCUT2D eigenvalue weighted by atomic mass is 16.2. The summed E-state index contributed by atoms with van der Waals surface area (Å²) >= 11 is 0. The first kappa shape index (κ1) is 16.0. The fourth-order valence-corrected chi connectivity index (χ4v) is 4.26. The van der Waals surface area contributed by atoms with Crippen molar-refractivity contribution in [1.29, 1.82) is 0 Å². The van der Waals surface area contributed by atoms with Gasteiger partial charge in [0.15, 0.2) is 0 Å². The fourth-order valence-electron chi connectivity index (χ4n) is 4.26. The fraction of sp³-hybridized carbons (Fsp3) is 0.737. The lowest BCUT2D eigenvalue weighted by molar-refractivity contribution is 0.0615. The SMILES string of the molecule is CN1CCC(C2CCN(C(=O)c3cnc(C4CC4)nc3)CC2)CC1. The molecule has 1 amide bonds. The van der Waals surface area contributed by atoms with Gasteiger partial charge in [0.05, 0.1) is 5.56 Å². The summed E-state index contributed by atoms with van der Waals surface area (Å²) in [6.07, 6.45) is 10.8. The Bertz CT molecular complexity index is 568. The third-order valence-electron chi connectivity index (χ3n) is 6.12. The summed E-state index contributed by atoms with van der Waals surface area (Å²) in [5.41, 5.74) is 0.650. The molecule has 0 radical (unpaired) electrons. The van der Waals surface area contributed by atoms with E-state index in [1.165, 1.54) is 38.8 Å². The van der Waals surface area contributed by atoms with Crippen molar-refractivity contribution >= 4 is 5.91 Å². The van der Waals surface area contributed by atoms with Gasteiger partial charge in [-0.25, -0.2) is 9.97 Å². The van der Waals surface area contributed by atoms with Crippen LogP contribution >= 0.6 is 0 Å². The molecule has 2 saturated heterocycles. The molecule has 1 saturated carbocycles. The molecule has 24 heavy (non-hydrogen) atoms. The van der Waals surface area contributed by atoms with Crippen molar-refractivity contribution in [2.75, 3.05) is 33.2 Å². The zero-order chi connectivity index (χ0) is 16.5. The van der Waals surface area contributed by atoms with Crippen LogP contribution in [-0.4, -0.2) is 58.9 Å². The van der Waals surface area contributed by atoms with Gasteiger partial charge in [-0.2, -0.15) is 0 Å². The van der Waals surface area contributed by atoms with Gasteiger partial charge < -0.3 is 9.80 Å². The van der Waals surface area contributed by atoms with Crippen LogP contribution in [0.15, 0.2) is 12.4 Å². The third kappa shape index (κ3) is 3.46. The van der Waals surface area contributed by atoms with Crippen molar-refractivity contribution < 1.29 is 4.79 Å². The Labute approximate surface area is 144 Å². The minimum atomic E-state index is 0.110. The Morgan fingerprint density at radius 2 is 1.46 bits per heavy atom. The predicted octanol–water partition coefficient (Wildman–Crippen LogP) is 2.55. The number of hydrogen-bond donors (Lipinski definition) is 0. The normalized spacial score (nSPS) is 24.3. The molecule has 4 rings (SSSR count). The maximum atomic E-state index is 12.7. The second-order valence-electron chi connectivity index (χ2n) is 7.87. The smallest absolute Gasteiger partial charge is 0.256 e. The van der Waals surface area contributed by atoms with Crippen LogP contribution in [0.1, 0.15) is 60.6 Å². The van der Waals surface area contributed by atoms with Crippen molar-refractivity contribution in [3.05, 3.63) is 23.8 Å². The van der Waals surface area contributed by atoms with Crippen molar-refractivity contribution in [1.82, 2.24) is 19.8 Å². The molecule has 1 aromatic rings. The van der Waals surface area contributed by atoms with E-state index in [1.54, 1.807) is 12.4 Å². The van der Waals surface area contributed by atoms with E-state index >= 15 is 0 Å². The number of carbonyl (C=O) groups is 1. The summed E-state index contributed by atoms with van der Waals surface area (Å²) in [5, 5.41) is 0. The molecule has 0 aromatic carbocycles. The first-order chi connectivity index (χ1) is 11.7. The number of nitrogens with zero attached hydrogens (tertiary/aromatic N) is 4. The molecule has 0 unspecified atom stereocenters. The number of hydrogen-bond acceptors (Lipinski definition) is 4. The first-order valence-corrected chi connectivity index (χ1v) is 9.50. The highest BCUT2D eigenvalue weighted by Gasteiger charge is 2.31. The Morgan fingerprint density at radius 3 is 2.00 bits per heavy atom. The Kier molecular flexibility index (Phi) is 4.53. The van der Waals surface area contributed by atoms with E-state index in [0.29, 0.717) is 11.5 Å². The maximum absolute atomic E-state index is 12.7. The van der Waals surface area contributed by atoms with E-state index in [2.05, 4.69) is 21.9 Å². The lowest BCUT2D eigenvalue weighted by Gasteiger charge is -2.39. The van der Waals surface area contributed by atoms with Gasteiger partial charge in [0.1, 0.15) is 5.82 Å². The molecule has 3 heterocycles. The molecule has 2 aliphatic heterocycles. The minimum Gasteiger partial charge on any atom is -0.339 e. The van der Waals surface area contributed by atoms with Crippen LogP contribution in [0.4, 0.5) is 0 Å². The summed E-state index contributed by atoms with van der Waals surface area (Å²) in [7, 11) is 2.22. The van der Waals surface area contributed by atoms with Gasteiger partial charge in [-0.3, -0.25) is 4.79 Å². The van der Waals surface area contributed by atoms with Crippen molar-refractivity contribution in [3.8, 4) is 0 Å². The van der Waals surface area contributed by atoms with Gasteiger partial charge >= 0.3 is 0 Å². The highest BCUT2D eigenvalue weighted by Crippen LogP contribution is 2.37. The number of aromatic nitrogens is 2. The Morgan fingerprint density at radius 1 is 0.917 bits per heavy atom. The summed E-state index contributed by atoms with van der Waals surface area (Å²) in [6.45, 7) is 4.24. The van der Waals surface area contributed by atoms with Crippen molar-refractivity contribution in [3.63, 3.8) is 0 Å². The van der Waals surface area contributed by atoms with E-state index in [-0.39, 0.29) is 5.91 Å². The quantitative estimate of drug-likeness (QED) is 0.855. The van der Waals surface area contributed by atoms with Gasteiger partial charge in [0.25, 0.3) is 5.91 Å². The van der Waals surface area contributed by atoms with Crippen LogP contribution in [0.25, 0.3) is 0 Å². The standard InChI is InChI=1S/C19H28N4O/c1-22-8-4-14(5-9-22)15-6-10-23(11-7-15)19(24)17-12-20-18(21-13-17)16-2-3-16/h12-16H,2-11H2,1H3. The second-order valence-corrected chi connectivity index (χ2v) is 7.87. The number of piperidine rings is 2. The molecule has 0 N–H and O–H groups in total. The first-order valence-electron chi connectivity index (χ1n) is 9.50. The van der Waals surface area contributed by atoms with Crippen LogP contribution in [0.2, 0.25) is 0 Å². The number of amides is 1. The molecule has 5 heteroatoms. The summed E-state index contributed by atoms with van der Waals surface area (Å²) in [5.74, 6) is 3.22. The number of likely N-dealkylation sites (tertiary alicyclic amines) is 2. The Hall–Kier alpha value is -1.49. The largest absolute Gasteiger partial charge is 0.339 e. The molecule has 1 aromatic heterocycles. The van der Waals surface area contributed by atoms with E-state index in [4.69, 9.17) is 0 Å². The van der Waals surface area contributed by atoms with Crippen LogP contribution in [0, 0.1) is 11.8 Å². The lowest BCUT2D eigenvalue weighted by atomic mass is 9.79. The number of carbonyl (C=O) groups excluding carboxylic acids is 1. The van der Waals surface area contributed by atoms with Crippen LogP contribution in [0.5, 0.6) is 0 Å². The Balaban J connectivity index is 1.30. The average Bonchev–Trinajstić information content (AvgIpc) is 3.47. The zero-order valence-corrected chi connectivity index (χ0v) is 14.7. The summed E-state index contributed by atoms with van der Waals surface area (Å²) in [4.78, 5) is 25.9. The van der Waals surface area contributed by atoms with Gasteiger partial charge in [-0.15, -0.1) is 0 Å². The molecule has 0 spiro atoms. The molecule has 3 aliphatic rings. The summed E-state index contributed by atoms with van der Waals surface area (Å²) < 4.78 is 0. The zero-order valence-electron chi connectivity index (χ0n) is 14.7. The molecule has 0 atom stereocenters. The van der Waals surface area contributed by atoms with Crippen molar-refractivity contribution in [2.45, 2.75) is 44.4 Å². The topological polar surface area (TPSA) is 49.3 Å². The van der Waals surface area contributed by atoms with Gasteiger partial charge in [0.2, 0.25) is 0 Å². The molecule has 130 valence electrons. The van der Waals surface area contributed by atoms with Gasteiger partial charge in [0, 0.05) is 31.4 Å². The average molecular weight is 328 g/mol. The molecule has 0 bridgehead atoms. The number of rotatable bonds is 3.